The van der Waals surface area contributed by atoms with E-state index in [-0.39, 0.29) is 11.8 Å². The summed E-state index contributed by atoms with van der Waals surface area (Å²) in [6, 6.07) is 14.7. The second-order valence-electron chi connectivity index (χ2n) is 5.54. The van der Waals surface area contributed by atoms with Gasteiger partial charge in [0.2, 0.25) is 11.8 Å². The third kappa shape index (κ3) is 3.84. The quantitative estimate of drug-likeness (QED) is 0.851. The van der Waals surface area contributed by atoms with Crippen molar-refractivity contribution < 1.29 is 9.59 Å². The number of rotatable bonds is 4. The van der Waals surface area contributed by atoms with E-state index in [1.165, 1.54) is 6.08 Å². The summed E-state index contributed by atoms with van der Waals surface area (Å²) in [5, 5.41) is 3.23. The lowest BCUT2D eigenvalue weighted by molar-refractivity contribution is -0.117. The molecule has 2 aromatic rings. The van der Waals surface area contributed by atoms with Gasteiger partial charge in [-0.2, -0.15) is 0 Å². The van der Waals surface area contributed by atoms with E-state index in [0.717, 1.165) is 24.2 Å². The van der Waals surface area contributed by atoms with Crippen LogP contribution in [0.4, 0.5) is 11.4 Å². The topological polar surface area (TPSA) is 49.4 Å². The van der Waals surface area contributed by atoms with Gasteiger partial charge in [-0.3, -0.25) is 9.59 Å². The van der Waals surface area contributed by atoms with E-state index in [4.69, 9.17) is 11.6 Å². The fraction of sp³-hybridized carbons (Fsp3) is 0.158. The molecule has 0 bridgehead atoms. The van der Waals surface area contributed by atoms with Crippen molar-refractivity contribution in [3.63, 3.8) is 0 Å². The molecule has 0 unspecified atom stereocenters. The number of nitrogens with zero attached hydrogens (tertiary/aromatic N) is 1. The van der Waals surface area contributed by atoms with Gasteiger partial charge in [0.05, 0.1) is 10.7 Å². The van der Waals surface area contributed by atoms with Gasteiger partial charge in [0.1, 0.15) is 0 Å². The number of hydrogen-bond acceptors (Lipinski definition) is 2. The van der Waals surface area contributed by atoms with Gasteiger partial charge >= 0.3 is 0 Å². The maximum Gasteiger partial charge on any atom is 0.248 e. The molecule has 3 rings (SSSR count). The van der Waals surface area contributed by atoms with E-state index in [1.807, 2.05) is 30.3 Å². The Kier molecular flexibility index (Phi) is 4.96. The van der Waals surface area contributed by atoms with Gasteiger partial charge in [0.15, 0.2) is 0 Å². The lowest BCUT2D eigenvalue weighted by Gasteiger charge is -2.15. The summed E-state index contributed by atoms with van der Waals surface area (Å²) in [5.74, 6) is -0.0840. The normalized spacial score (nSPS) is 14.4. The lowest BCUT2D eigenvalue weighted by Crippen LogP contribution is -2.23. The Balaban J connectivity index is 1.63. The predicted molar refractivity (Wildman–Crippen MR) is 97.1 cm³/mol. The van der Waals surface area contributed by atoms with Crippen molar-refractivity contribution >= 4 is 40.9 Å². The Morgan fingerprint density at radius 2 is 1.88 bits per heavy atom. The molecule has 0 spiro atoms. The van der Waals surface area contributed by atoms with Gasteiger partial charge in [-0.05, 0) is 42.3 Å². The molecule has 1 fully saturated rings. The average Bonchev–Trinajstić information content (AvgIpc) is 3.02. The minimum atomic E-state index is -0.248. The summed E-state index contributed by atoms with van der Waals surface area (Å²) in [5.41, 5.74) is 2.37. The van der Waals surface area contributed by atoms with Crippen LogP contribution >= 0.6 is 11.6 Å². The summed E-state index contributed by atoms with van der Waals surface area (Å²) in [6.45, 7) is 0.772. The summed E-state index contributed by atoms with van der Waals surface area (Å²) in [7, 11) is 0. The first-order valence-corrected chi connectivity index (χ1v) is 8.15. The number of halogens is 1. The van der Waals surface area contributed by atoms with Gasteiger partial charge in [-0.25, -0.2) is 0 Å². The van der Waals surface area contributed by atoms with E-state index in [2.05, 4.69) is 5.32 Å². The zero-order valence-corrected chi connectivity index (χ0v) is 13.8. The molecule has 0 aromatic heterocycles. The molecule has 1 aliphatic heterocycles. The highest BCUT2D eigenvalue weighted by atomic mass is 35.5. The molecule has 1 saturated heterocycles. The Labute approximate surface area is 145 Å². The van der Waals surface area contributed by atoms with Crippen molar-refractivity contribution in [1.82, 2.24) is 0 Å². The van der Waals surface area contributed by atoms with E-state index in [0.29, 0.717) is 17.1 Å². The van der Waals surface area contributed by atoms with E-state index in [9.17, 15) is 9.59 Å². The molecular formula is C19H17ClN2O2. The first-order valence-electron chi connectivity index (χ1n) is 7.77. The molecule has 122 valence electrons. The van der Waals surface area contributed by atoms with Crippen molar-refractivity contribution in [3.8, 4) is 0 Å². The van der Waals surface area contributed by atoms with E-state index in [1.54, 1.807) is 29.2 Å². The molecule has 4 nitrogen and oxygen atoms in total. The zero-order chi connectivity index (χ0) is 16.9. The maximum atomic E-state index is 11.9. The molecule has 0 aliphatic carbocycles. The number of hydrogen-bond donors (Lipinski definition) is 1. The number of carbonyl (C=O) groups excluding carboxylic acids is 2. The molecule has 24 heavy (non-hydrogen) atoms. The second-order valence-corrected chi connectivity index (χ2v) is 5.95. The molecule has 1 heterocycles. The molecule has 1 aliphatic rings. The highest BCUT2D eigenvalue weighted by Crippen LogP contribution is 2.22. The molecule has 0 radical (unpaired) electrons. The third-order valence-electron chi connectivity index (χ3n) is 3.84. The molecular weight excluding hydrogens is 324 g/mol. The van der Waals surface area contributed by atoms with Crippen LogP contribution in [0.5, 0.6) is 0 Å². The average molecular weight is 341 g/mol. The standard InChI is InChI=1S/C19H17ClN2O2/c20-16-4-1-2-5-17(16)21-18(23)12-9-14-7-10-15(11-8-14)22-13-3-6-19(22)24/h1-2,4-5,7-12H,3,6,13H2,(H,21,23)/b12-9+. The van der Waals surface area contributed by atoms with Crippen molar-refractivity contribution in [3.05, 3.63) is 65.2 Å². The van der Waals surface area contributed by atoms with Gasteiger partial charge in [0, 0.05) is 24.7 Å². The molecule has 5 heteroatoms. The van der Waals surface area contributed by atoms with Gasteiger partial charge in [-0.15, -0.1) is 0 Å². The number of nitrogens with one attached hydrogen (secondary N) is 1. The summed E-state index contributed by atoms with van der Waals surface area (Å²) >= 11 is 6.01. The number of benzene rings is 2. The summed E-state index contributed by atoms with van der Waals surface area (Å²) in [6.07, 6.45) is 4.70. The van der Waals surface area contributed by atoms with Crippen LogP contribution < -0.4 is 10.2 Å². The first kappa shape index (κ1) is 16.3. The smallest absolute Gasteiger partial charge is 0.248 e. The summed E-state index contributed by atoms with van der Waals surface area (Å²) < 4.78 is 0. The van der Waals surface area contributed by atoms with Crippen molar-refractivity contribution in [2.45, 2.75) is 12.8 Å². The Hall–Kier alpha value is -2.59. The molecule has 0 atom stereocenters. The largest absolute Gasteiger partial charge is 0.321 e. The highest BCUT2D eigenvalue weighted by Gasteiger charge is 2.21. The SMILES string of the molecule is O=C(/C=C/c1ccc(N2CCCC2=O)cc1)Nc1ccccc1Cl. The maximum absolute atomic E-state index is 11.9. The Morgan fingerprint density at radius 3 is 2.54 bits per heavy atom. The Morgan fingerprint density at radius 1 is 1.12 bits per heavy atom. The summed E-state index contributed by atoms with van der Waals surface area (Å²) in [4.78, 5) is 25.5. The number of amides is 2. The minimum absolute atomic E-state index is 0.164. The highest BCUT2D eigenvalue weighted by molar-refractivity contribution is 6.33. The van der Waals surface area contributed by atoms with Gasteiger partial charge in [0.25, 0.3) is 0 Å². The zero-order valence-electron chi connectivity index (χ0n) is 13.0. The van der Waals surface area contributed by atoms with Crippen molar-refractivity contribution in [2.75, 3.05) is 16.8 Å². The third-order valence-corrected chi connectivity index (χ3v) is 4.17. The van der Waals surface area contributed by atoms with Gasteiger partial charge < -0.3 is 10.2 Å². The number of anilines is 2. The first-order chi connectivity index (χ1) is 11.6. The van der Waals surface area contributed by atoms with Crippen molar-refractivity contribution in [2.24, 2.45) is 0 Å². The minimum Gasteiger partial charge on any atom is -0.321 e. The monoisotopic (exact) mass is 340 g/mol. The van der Waals surface area contributed by atoms with Crippen LogP contribution in [-0.2, 0) is 9.59 Å². The van der Waals surface area contributed by atoms with E-state index >= 15 is 0 Å². The predicted octanol–water partition coefficient (Wildman–Crippen LogP) is 4.12. The van der Waals surface area contributed by atoms with Crippen LogP contribution in [0, 0.1) is 0 Å². The van der Waals surface area contributed by atoms with Crippen LogP contribution in [-0.4, -0.2) is 18.4 Å². The van der Waals surface area contributed by atoms with Crippen LogP contribution in [0.3, 0.4) is 0 Å². The fourth-order valence-electron chi connectivity index (χ4n) is 2.60. The fourth-order valence-corrected chi connectivity index (χ4v) is 2.78. The second kappa shape index (κ2) is 7.32. The van der Waals surface area contributed by atoms with Crippen LogP contribution in [0.25, 0.3) is 6.08 Å². The van der Waals surface area contributed by atoms with E-state index < -0.39 is 0 Å². The molecule has 1 N–H and O–H groups in total. The van der Waals surface area contributed by atoms with Crippen LogP contribution in [0.15, 0.2) is 54.6 Å². The van der Waals surface area contributed by atoms with Crippen LogP contribution in [0.2, 0.25) is 5.02 Å². The number of para-hydroxylation sites is 1. The Bertz CT molecular complexity index is 784. The molecule has 2 aromatic carbocycles. The molecule has 0 saturated carbocycles. The molecule has 2 amide bonds. The lowest BCUT2D eigenvalue weighted by atomic mass is 10.2. The van der Waals surface area contributed by atoms with Crippen molar-refractivity contribution in [1.29, 1.82) is 0 Å². The van der Waals surface area contributed by atoms with Gasteiger partial charge in [-0.1, -0.05) is 35.9 Å². The van der Waals surface area contributed by atoms with Crippen LogP contribution in [0.1, 0.15) is 18.4 Å². The number of carbonyl (C=O) groups is 2.